The maximum Gasteiger partial charge on any atom is 0.251 e. The molecule has 1 saturated carbocycles. The Hall–Kier alpha value is -0.180. The zero-order valence-corrected chi connectivity index (χ0v) is 7.39. The van der Waals surface area contributed by atoms with E-state index in [1.54, 1.807) is 0 Å². The van der Waals surface area contributed by atoms with Gasteiger partial charge in [0.05, 0.1) is 0 Å². The third-order valence-corrected chi connectivity index (χ3v) is 3.18. The van der Waals surface area contributed by atoms with Crippen LogP contribution in [-0.2, 0) is 0 Å². The average Bonchev–Trinajstić information content (AvgIpc) is 2.39. The Morgan fingerprint density at radius 2 is 2.17 bits per heavy atom. The van der Waals surface area contributed by atoms with Gasteiger partial charge in [-0.25, -0.2) is 8.78 Å². The van der Waals surface area contributed by atoms with Gasteiger partial charge in [0.1, 0.15) is 0 Å². The predicted octanol–water partition coefficient (Wildman–Crippen LogP) is 2.13. The molecule has 0 aromatic heterocycles. The Kier molecular flexibility index (Phi) is 1.86. The number of hydrogen-bond acceptors (Lipinski definition) is 1. The highest BCUT2D eigenvalue weighted by atomic mass is 19.3. The molecule has 2 rings (SSSR count). The molecule has 0 radical (unpaired) electrons. The third kappa shape index (κ3) is 1.47. The summed E-state index contributed by atoms with van der Waals surface area (Å²) in [6, 6.07) is 0.434. The summed E-state index contributed by atoms with van der Waals surface area (Å²) < 4.78 is 25.1. The minimum Gasteiger partial charge on any atom is -0.303 e. The first-order chi connectivity index (χ1) is 5.59. The van der Waals surface area contributed by atoms with Gasteiger partial charge in [-0.2, -0.15) is 0 Å². The summed E-state index contributed by atoms with van der Waals surface area (Å²) in [7, 11) is 2.04. The fourth-order valence-electron chi connectivity index (χ4n) is 2.13. The van der Waals surface area contributed by atoms with E-state index in [-0.39, 0.29) is 12.3 Å². The van der Waals surface area contributed by atoms with E-state index in [4.69, 9.17) is 0 Å². The van der Waals surface area contributed by atoms with Gasteiger partial charge in [-0.3, -0.25) is 0 Å². The number of hydrogen-bond donors (Lipinski definition) is 0. The molecule has 0 aromatic rings. The van der Waals surface area contributed by atoms with E-state index in [0.29, 0.717) is 12.5 Å². The number of rotatable bonds is 2. The van der Waals surface area contributed by atoms with Crippen molar-refractivity contribution in [2.24, 2.45) is 5.92 Å². The van der Waals surface area contributed by atoms with E-state index in [9.17, 15) is 8.78 Å². The van der Waals surface area contributed by atoms with Crippen LogP contribution in [0.5, 0.6) is 0 Å². The molecule has 1 heterocycles. The van der Waals surface area contributed by atoms with Crippen LogP contribution >= 0.6 is 0 Å². The van der Waals surface area contributed by atoms with Crippen LogP contribution in [0.25, 0.3) is 0 Å². The molecule has 2 fully saturated rings. The fourth-order valence-corrected chi connectivity index (χ4v) is 2.13. The van der Waals surface area contributed by atoms with Crippen LogP contribution in [0.1, 0.15) is 25.7 Å². The van der Waals surface area contributed by atoms with Gasteiger partial charge in [-0.05, 0) is 32.9 Å². The lowest BCUT2D eigenvalue weighted by Crippen LogP contribution is -2.25. The van der Waals surface area contributed by atoms with E-state index in [1.165, 1.54) is 6.42 Å². The maximum atomic E-state index is 12.6. The molecule has 0 amide bonds. The molecule has 1 aliphatic heterocycles. The molecule has 2 atom stereocenters. The third-order valence-electron chi connectivity index (χ3n) is 3.18. The number of alkyl halides is 2. The first-order valence-electron chi connectivity index (χ1n) is 4.67. The van der Waals surface area contributed by atoms with Crippen molar-refractivity contribution in [3.05, 3.63) is 0 Å². The Morgan fingerprint density at radius 1 is 1.50 bits per heavy atom. The monoisotopic (exact) mass is 175 g/mol. The second kappa shape index (κ2) is 2.66. The van der Waals surface area contributed by atoms with Gasteiger partial charge in [0.2, 0.25) is 0 Å². The summed E-state index contributed by atoms with van der Waals surface area (Å²) in [4.78, 5) is 2.22. The molecule has 0 spiro atoms. The van der Waals surface area contributed by atoms with E-state index in [0.717, 1.165) is 13.0 Å². The van der Waals surface area contributed by atoms with E-state index in [2.05, 4.69) is 4.90 Å². The van der Waals surface area contributed by atoms with Crippen LogP contribution in [0.4, 0.5) is 8.78 Å². The highest BCUT2D eigenvalue weighted by molar-refractivity contribution is 4.97. The molecule has 0 bridgehead atoms. The maximum absolute atomic E-state index is 12.6. The van der Waals surface area contributed by atoms with Gasteiger partial charge in [-0.15, -0.1) is 0 Å². The summed E-state index contributed by atoms with van der Waals surface area (Å²) in [5.41, 5.74) is 0. The molecule has 70 valence electrons. The average molecular weight is 175 g/mol. The fraction of sp³-hybridized carbons (Fsp3) is 1.00. The Morgan fingerprint density at radius 3 is 2.58 bits per heavy atom. The Labute approximate surface area is 71.7 Å². The second-order valence-corrected chi connectivity index (χ2v) is 4.17. The van der Waals surface area contributed by atoms with Crippen LogP contribution in [0, 0.1) is 5.92 Å². The van der Waals surface area contributed by atoms with Gasteiger partial charge in [-0.1, -0.05) is 0 Å². The highest BCUT2D eigenvalue weighted by Crippen LogP contribution is 2.52. The molecular formula is C9H15F2N. The molecule has 0 N–H and O–H groups in total. The van der Waals surface area contributed by atoms with E-state index >= 15 is 0 Å². The van der Waals surface area contributed by atoms with Crippen LogP contribution < -0.4 is 0 Å². The summed E-state index contributed by atoms with van der Waals surface area (Å²) >= 11 is 0. The molecule has 1 aliphatic carbocycles. The van der Waals surface area contributed by atoms with Crippen LogP contribution in [0.3, 0.4) is 0 Å². The SMILES string of the molecule is CN1CCCC1CC1CC1(F)F. The topological polar surface area (TPSA) is 3.24 Å². The lowest BCUT2D eigenvalue weighted by atomic mass is 10.1. The molecule has 12 heavy (non-hydrogen) atoms. The number of halogens is 2. The van der Waals surface area contributed by atoms with Crippen molar-refractivity contribution in [3.63, 3.8) is 0 Å². The number of nitrogens with zero attached hydrogens (tertiary/aromatic N) is 1. The Balaban J connectivity index is 1.80. The van der Waals surface area contributed by atoms with Gasteiger partial charge in [0.15, 0.2) is 0 Å². The van der Waals surface area contributed by atoms with E-state index < -0.39 is 5.92 Å². The molecule has 1 saturated heterocycles. The van der Waals surface area contributed by atoms with Crippen molar-refractivity contribution < 1.29 is 8.78 Å². The van der Waals surface area contributed by atoms with Crippen LogP contribution in [-0.4, -0.2) is 30.5 Å². The summed E-state index contributed by atoms with van der Waals surface area (Å²) in [6.07, 6.45) is 3.14. The summed E-state index contributed by atoms with van der Waals surface area (Å²) in [6.45, 7) is 1.09. The molecule has 2 unspecified atom stereocenters. The minimum atomic E-state index is -2.32. The predicted molar refractivity (Wildman–Crippen MR) is 43.3 cm³/mol. The lowest BCUT2D eigenvalue weighted by molar-refractivity contribution is 0.0909. The normalized spacial score (nSPS) is 40.2. The molecule has 1 nitrogen and oxygen atoms in total. The molecular weight excluding hydrogens is 160 g/mol. The first-order valence-corrected chi connectivity index (χ1v) is 4.67. The van der Waals surface area contributed by atoms with Crippen molar-refractivity contribution in [1.29, 1.82) is 0 Å². The van der Waals surface area contributed by atoms with Crippen LogP contribution in [0.2, 0.25) is 0 Å². The lowest BCUT2D eigenvalue weighted by Gasteiger charge is -2.18. The van der Waals surface area contributed by atoms with Gasteiger partial charge in [0.25, 0.3) is 5.92 Å². The molecule has 0 aromatic carbocycles. The second-order valence-electron chi connectivity index (χ2n) is 4.17. The van der Waals surface area contributed by atoms with E-state index in [1.807, 2.05) is 7.05 Å². The smallest absolute Gasteiger partial charge is 0.251 e. The standard InChI is InChI=1S/C9H15F2N/c1-12-4-2-3-8(12)5-7-6-9(7,10)11/h7-8H,2-6H2,1H3. The summed E-state index contributed by atoms with van der Waals surface area (Å²) in [5, 5.41) is 0. The molecule has 3 heteroatoms. The largest absolute Gasteiger partial charge is 0.303 e. The highest BCUT2D eigenvalue weighted by Gasteiger charge is 2.57. The minimum absolute atomic E-state index is 0.136. The zero-order valence-electron chi connectivity index (χ0n) is 7.39. The van der Waals surface area contributed by atoms with Crippen molar-refractivity contribution in [3.8, 4) is 0 Å². The summed E-state index contributed by atoms with van der Waals surface area (Å²) in [5.74, 6) is -2.62. The quantitative estimate of drug-likeness (QED) is 0.621. The first kappa shape index (κ1) is 8.42. The van der Waals surface area contributed by atoms with Crippen LogP contribution in [0.15, 0.2) is 0 Å². The van der Waals surface area contributed by atoms with Crippen molar-refractivity contribution in [2.75, 3.05) is 13.6 Å². The number of likely N-dealkylation sites (tertiary alicyclic amines) is 1. The van der Waals surface area contributed by atoms with Crippen molar-refractivity contribution in [2.45, 2.75) is 37.6 Å². The van der Waals surface area contributed by atoms with Gasteiger partial charge in [0, 0.05) is 18.4 Å². The Bertz CT molecular complexity index is 181. The van der Waals surface area contributed by atoms with Crippen molar-refractivity contribution in [1.82, 2.24) is 4.90 Å². The zero-order chi connectivity index (χ0) is 8.77. The molecule has 2 aliphatic rings. The van der Waals surface area contributed by atoms with Gasteiger partial charge < -0.3 is 4.90 Å². The van der Waals surface area contributed by atoms with Gasteiger partial charge >= 0.3 is 0 Å². The van der Waals surface area contributed by atoms with Crippen molar-refractivity contribution >= 4 is 0 Å².